The van der Waals surface area contributed by atoms with Crippen LogP contribution in [0.1, 0.15) is 12.8 Å². The molecule has 1 saturated heterocycles. The summed E-state index contributed by atoms with van der Waals surface area (Å²) in [4.78, 5) is 11.6. The van der Waals surface area contributed by atoms with Crippen molar-refractivity contribution < 1.29 is 13.2 Å². The van der Waals surface area contributed by atoms with Crippen molar-refractivity contribution in [1.29, 1.82) is 0 Å². The first-order valence-electron chi connectivity index (χ1n) is 6.61. The Morgan fingerprint density at radius 3 is 3.00 bits per heavy atom. The number of nitrogens with zero attached hydrogens (tertiary/aromatic N) is 2. The molecule has 2 rings (SSSR count). The van der Waals surface area contributed by atoms with E-state index in [-0.39, 0.29) is 22.7 Å². The van der Waals surface area contributed by atoms with Crippen molar-refractivity contribution in [2.24, 2.45) is 0 Å². The number of nitrogens with one attached hydrogen (secondary N) is 1. The second kappa shape index (κ2) is 7.12. The second-order valence-electron chi connectivity index (χ2n) is 4.81. The summed E-state index contributed by atoms with van der Waals surface area (Å²) in [7, 11) is -2.85. The predicted octanol–water partition coefficient (Wildman–Crippen LogP) is 0.310. The number of amides is 1. The summed E-state index contributed by atoms with van der Waals surface area (Å²) < 4.78 is 24.4. The van der Waals surface area contributed by atoms with E-state index >= 15 is 0 Å². The second-order valence-corrected chi connectivity index (χ2v) is 8.33. The van der Waals surface area contributed by atoms with Gasteiger partial charge >= 0.3 is 0 Å². The van der Waals surface area contributed by atoms with Crippen LogP contribution in [-0.2, 0) is 21.2 Å². The predicted molar refractivity (Wildman–Crippen MR) is 79.4 cm³/mol. The van der Waals surface area contributed by atoms with Crippen LogP contribution < -0.4 is 5.32 Å². The number of rotatable bonds is 7. The zero-order valence-electron chi connectivity index (χ0n) is 11.2. The summed E-state index contributed by atoms with van der Waals surface area (Å²) in [5.41, 5.74) is 0. The maximum atomic E-state index is 11.6. The van der Waals surface area contributed by atoms with Crippen molar-refractivity contribution in [3.8, 4) is 0 Å². The summed E-state index contributed by atoms with van der Waals surface area (Å²) in [5.74, 6) is 0.780. The SMILES string of the molecule is O=C(CS[C@H]1CCS(=O)(=O)C1)NCCCn1cccn1. The maximum Gasteiger partial charge on any atom is 0.230 e. The minimum Gasteiger partial charge on any atom is -0.355 e. The van der Waals surface area contributed by atoms with Gasteiger partial charge < -0.3 is 5.32 Å². The Bertz CT molecular complexity index is 528. The van der Waals surface area contributed by atoms with Crippen LogP contribution in [0.4, 0.5) is 0 Å². The molecule has 1 N–H and O–H groups in total. The summed E-state index contributed by atoms with van der Waals surface area (Å²) >= 11 is 1.44. The molecule has 2 heterocycles. The van der Waals surface area contributed by atoms with Crippen LogP contribution in [0.2, 0.25) is 0 Å². The van der Waals surface area contributed by atoms with Crippen LogP contribution in [0.15, 0.2) is 18.5 Å². The first kappa shape index (κ1) is 15.4. The number of aryl methyl sites for hydroxylation is 1. The summed E-state index contributed by atoms with van der Waals surface area (Å²) in [6, 6.07) is 1.87. The molecule has 0 spiro atoms. The molecule has 6 nitrogen and oxygen atoms in total. The zero-order chi connectivity index (χ0) is 14.4. The van der Waals surface area contributed by atoms with Crippen molar-refractivity contribution in [2.75, 3.05) is 23.8 Å². The lowest BCUT2D eigenvalue weighted by Crippen LogP contribution is -2.27. The van der Waals surface area contributed by atoms with E-state index in [1.807, 2.05) is 16.9 Å². The molecule has 112 valence electrons. The summed E-state index contributed by atoms with van der Waals surface area (Å²) in [6.07, 6.45) is 5.11. The minimum atomic E-state index is -2.85. The summed E-state index contributed by atoms with van der Waals surface area (Å²) in [5, 5.41) is 7.00. The highest BCUT2D eigenvalue weighted by Crippen LogP contribution is 2.23. The maximum absolute atomic E-state index is 11.6. The standard InChI is InChI=1S/C12H19N3O3S2/c16-12(9-19-11-3-8-20(17,18)10-11)13-4-1-6-15-7-2-5-14-15/h2,5,7,11H,1,3-4,6,8-10H2,(H,13,16)/t11-/m0/s1. The van der Waals surface area contributed by atoms with Gasteiger partial charge in [-0.05, 0) is 18.9 Å². The van der Waals surface area contributed by atoms with Crippen molar-refractivity contribution in [1.82, 2.24) is 15.1 Å². The van der Waals surface area contributed by atoms with Crippen molar-refractivity contribution >= 4 is 27.5 Å². The van der Waals surface area contributed by atoms with Gasteiger partial charge in [-0.15, -0.1) is 11.8 Å². The Labute approximate surface area is 123 Å². The largest absolute Gasteiger partial charge is 0.355 e. The van der Waals surface area contributed by atoms with Gasteiger partial charge in [0.1, 0.15) is 0 Å². The lowest BCUT2D eigenvalue weighted by molar-refractivity contribution is -0.118. The Balaban J connectivity index is 1.54. The van der Waals surface area contributed by atoms with Gasteiger partial charge in [0, 0.05) is 30.7 Å². The molecular weight excluding hydrogens is 298 g/mol. The molecule has 8 heteroatoms. The van der Waals surface area contributed by atoms with Crippen molar-refractivity contribution in [2.45, 2.75) is 24.6 Å². The first-order valence-corrected chi connectivity index (χ1v) is 9.48. The third kappa shape index (κ3) is 5.16. The van der Waals surface area contributed by atoms with E-state index < -0.39 is 9.84 Å². The Hall–Kier alpha value is -1.02. The van der Waals surface area contributed by atoms with E-state index in [9.17, 15) is 13.2 Å². The number of carbonyl (C=O) groups is 1. The highest BCUT2D eigenvalue weighted by Gasteiger charge is 2.28. The molecule has 1 aliphatic rings. The molecule has 0 saturated carbocycles. The molecule has 1 aliphatic heterocycles. The Morgan fingerprint density at radius 1 is 1.50 bits per heavy atom. The monoisotopic (exact) mass is 317 g/mol. The molecule has 1 amide bonds. The highest BCUT2D eigenvalue weighted by molar-refractivity contribution is 8.02. The van der Waals surface area contributed by atoms with Crippen LogP contribution in [0, 0.1) is 0 Å². The van der Waals surface area contributed by atoms with Crippen LogP contribution in [0.5, 0.6) is 0 Å². The van der Waals surface area contributed by atoms with Gasteiger partial charge in [-0.1, -0.05) is 0 Å². The quantitative estimate of drug-likeness (QED) is 0.732. The number of thioether (sulfide) groups is 1. The van der Waals surface area contributed by atoms with E-state index in [0.717, 1.165) is 13.0 Å². The van der Waals surface area contributed by atoms with Gasteiger partial charge in [0.15, 0.2) is 9.84 Å². The fourth-order valence-corrected chi connectivity index (χ4v) is 5.51. The molecule has 1 atom stereocenters. The molecule has 20 heavy (non-hydrogen) atoms. The third-order valence-corrected chi connectivity index (χ3v) is 6.37. The van der Waals surface area contributed by atoms with Gasteiger partial charge in [0.25, 0.3) is 0 Å². The van der Waals surface area contributed by atoms with E-state index in [2.05, 4.69) is 10.4 Å². The van der Waals surface area contributed by atoms with Gasteiger partial charge in [0.05, 0.1) is 17.3 Å². The van der Waals surface area contributed by atoms with Crippen LogP contribution >= 0.6 is 11.8 Å². The van der Waals surface area contributed by atoms with Crippen LogP contribution in [-0.4, -0.2) is 53.2 Å². The number of aromatic nitrogens is 2. The molecule has 0 unspecified atom stereocenters. The van der Waals surface area contributed by atoms with Gasteiger partial charge in [-0.25, -0.2) is 8.42 Å². The lowest BCUT2D eigenvalue weighted by Gasteiger charge is -2.08. The molecule has 1 aromatic heterocycles. The molecule has 1 fully saturated rings. The first-order chi connectivity index (χ1) is 9.55. The van der Waals surface area contributed by atoms with E-state index in [0.29, 0.717) is 18.7 Å². The third-order valence-electron chi connectivity index (χ3n) is 3.09. The molecule has 0 aliphatic carbocycles. The number of hydrogen-bond acceptors (Lipinski definition) is 5. The number of hydrogen-bond donors (Lipinski definition) is 1. The van der Waals surface area contributed by atoms with Crippen LogP contribution in [0.25, 0.3) is 0 Å². The Kier molecular flexibility index (Phi) is 5.47. The average molecular weight is 317 g/mol. The fourth-order valence-electron chi connectivity index (χ4n) is 2.04. The van der Waals surface area contributed by atoms with Crippen LogP contribution in [0.3, 0.4) is 0 Å². The van der Waals surface area contributed by atoms with Gasteiger partial charge in [-0.3, -0.25) is 9.48 Å². The Morgan fingerprint density at radius 2 is 2.35 bits per heavy atom. The zero-order valence-corrected chi connectivity index (χ0v) is 12.8. The number of carbonyl (C=O) groups excluding carboxylic acids is 1. The molecule has 0 aromatic carbocycles. The topological polar surface area (TPSA) is 81.1 Å². The van der Waals surface area contributed by atoms with Gasteiger partial charge in [-0.2, -0.15) is 5.10 Å². The van der Waals surface area contributed by atoms with E-state index in [4.69, 9.17) is 0 Å². The normalized spacial score (nSPS) is 20.9. The molecule has 0 bridgehead atoms. The fraction of sp³-hybridized carbons (Fsp3) is 0.667. The van der Waals surface area contributed by atoms with E-state index in [1.54, 1.807) is 6.20 Å². The highest BCUT2D eigenvalue weighted by atomic mass is 32.2. The smallest absolute Gasteiger partial charge is 0.230 e. The van der Waals surface area contributed by atoms with Gasteiger partial charge in [0.2, 0.25) is 5.91 Å². The van der Waals surface area contributed by atoms with Crippen molar-refractivity contribution in [3.05, 3.63) is 18.5 Å². The average Bonchev–Trinajstić information content (AvgIpc) is 3.01. The lowest BCUT2D eigenvalue weighted by atomic mass is 10.4. The minimum absolute atomic E-state index is 0.0280. The van der Waals surface area contributed by atoms with Crippen molar-refractivity contribution in [3.63, 3.8) is 0 Å². The summed E-state index contributed by atoms with van der Waals surface area (Å²) in [6.45, 7) is 1.39. The number of sulfone groups is 1. The molecule has 1 aromatic rings. The van der Waals surface area contributed by atoms with E-state index in [1.165, 1.54) is 11.8 Å². The molecule has 0 radical (unpaired) electrons. The molecular formula is C12H19N3O3S2.